The molecule has 2 aromatic carbocycles. The van der Waals surface area contributed by atoms with E-state index in [0.29, 0.717) is 19.4 Å². The number of amides is 2. The monoisotopic (exact) mass is 284 g/mol. The predicted molar refractivity (Wildman–Crippen MR) is 83.7 cm³/mol. The van der Waals surface area contributed by atoms with Crippen molar-refractivity contribution in [2.24, 2.45) is 0 Å². The van der Waals surface area contributed by atoms with Gasteiger partial charge in [0.2, 0.25) is 12.3 Å². The lowest BCUT2D eigenvalue weighted by molar-refractivity contribution is -0.125. The molecule has 4 heteroatoms. The van der Waals surface area contributed by atoms with E-state index in [1.54, 1.807) is 0 Å². The third kappa shape index (κ3) is 4.05. The molecule has 0 saturated heterocycles. The molecule has 0 heterocycles. The number of rotatable bonds is 7. The lowest BCUT2D eigenvalue weighted by Gasteiger charge is -2.15. The van der Waals surface area contributed by atoms with Gasteiger partial charge in [-0.15, -0.1) is 0 Å². The summed E-state index contributed by atoms with van der Waals surface area (Å²) in [6.07, 6.45) is 2.06. The highest BCUT2D eigenvalue weighted by Gasteiger charge is 2.15. The van der Waals surface area contributed by atoms with Crippen LogP contribution < -0.4 is 10.6 Å². The van der Waals surface area contributed by atoms with Gasteiger partial charge < -0.3 is 10.6 Å². The highest BCUT2D eigenvalue weighted by Crippen LogP contribution is 2.15. The molecule has 0 fully saturated rings. The van der Waals surface area contributed by atoms with Crippen LogP contribution in [0.15, 0.2) is 42.5 Å². The molecule has 2 rings (SSSR count). The van der Waals surface area contributed by atoms with E-state index >= 15 is 0 Å². The van der Waals surface area contributed by atoms with Crippen LogP contribution >= 0.6 is 0 Å². The number of carbonyl (C=O) groups is 2. The van der Waals surface area contributed by atoms with Gasteiger partial charge in [0.15, 0.2) is 0 Å². The number of nitrogens with one attached hydrogen (secondary N) is 2. The fourth-order valence-corrected chi connectivity index (χ4v) is 2.32. The second kappa shape index (κ2) is 7.43. The third-order valence-electron chi connectivity index (χ3n) is 3.44. The van der Waals surface area contributed by atoms with Crippen LogP contribution in [-0.4, -0.2) is 18.4 Å². The van der Waals surface area contributed by atoms with Gasteiger partial charge in [0.1, 0.15) is 6.04 Å². The smallest absolute Gasteiger partial charge is 0.242 e. The van der Waals surface area contributed by atoms with Crippen molar-refractivity contribution in [3.8, 4) is 0 Å². The summed E-state index contributed by atoms with van der Waals surface area (Å²) in [5, 5.41) is 7.76. The van der Waals surface area contributed by atoms with Crippen molar-refractivity contribution in [2.45, 2.75) is 32.4 Å². The van der Waals surface area contributed by atoms with E-state index in [2.05, 4.69) is 28.8 Å². The summed E-state index contributed by atoms with van der Waals surface area (Å²) in [6, 6.07) is 13.8. The maximum absolute atomic E-state index is 12.0. The van der Waals surface area contributed by atoms with Gasteiger partial charge in [0.05, 0.1) is 0 Å². The van der Waals surface area contributed by atoms with Crippen LogP contribution in [0.25, 0.3) is 10.8 Å². The third-order valence-corrected chi connectivity index (χ3v) is 3.44. The Bertz CT molecular complexity index is 625. The second-order valence-corrected chi connectivity index (χ2v) is 5.03. The quantitative estimate of drug-likeness (QED) is 0.767. The minimum atomic E-state index is -0.451. The summed E-state index contributed by atoms with van der Waals surface area (Å²) >= 11 is 0. The van der Waals surface area contributed by atoms with Crippen LogP contribution in [-0.2, 0) is 16.1 Å². The summed E-state index contributed by atoms with van der Waals surface area (Å²) in [7, 11) is 0. The molecule has 0 radical (unpaired) electrons. The van der Waals surface area contributed by atoms with Gasteiger partial charge in [-0.05, 0) is 28.8 Å². The highest BCUT2D eigenvalue weighted by molar-refractivity contribution is 5.84. The zero-order chi connectivity index (χ0) is 15.1. The Hall–Kier alpha value is -2.36. The van der Waals surface area contributed by atoms with Crippen molar-refractivity contribution >= 4 is 23.1 Å². The minimum Gasteiger partial charge on any atom is -0.350 e. The molecule has 0 aliphatic rings. The number of carbonyl (C=O) groups excluding carboxylic acids is 2. The molecule has 2 N–H and O–H groups in total. The van der Waals surface area contributed by atoms with Gasteiger partial charge in [-0.1, -0.05) is 49.7 Å². The van der Waals surface area contributed by atoms with Crippen LogP contribution in [0.5, 0.6) is 0 Å². The SMILES string of the molecule is CCC[C@H](NC=O)C(=O)NCc1ccc2ccccc2c1. The standard InChI is InChI=1S/C17H20N2O2/c1-2-5-16(19-12-20)17(21)18-11-13-8-9-14-6-3-4-7-15(14)10-13/h3-4,6-10,12,16H,2,5,11H2,1H3,(H,18,21)(H,19,20)/t16-/m0/s1. The summed E-state index contributed by atoms with van der Waals surface area (Å²) in [4.78, 5) is 22.6. The maximum Gasteiger partial charge on any atom is 0.242 e. The largest absolute Gasteiger partial charge is 0.350 e. The van der Waals surface area contributed by atoms with E-state index in [0.717, 1.165) is 17.4 Å². The topological polar surface area (TPSA) is 58.2 Å². The lowest BCUT2D eigenvalue weighted by atomic mass is 10.1. The first-order valence-corrected chi connectivity index (χ1v) is 7.19. The fourth-order valence-electron chi connectivity index (χ4n) is 2.32. The van der Waals surface area contributed by atoms with Crippen molar-refractivity contribution < 1.29 is 9.59 Å². The van der Waals surface area contributed by atoms with Crippen molar-refractivity contribution in [2.75, 3.05) is 0 Å². The van der Waals surface area contributed by atoms with Gasteiger partial charge in [0, 0.05) is 6.54 Å². The normalized spacial score (nSPS) is 11.9. The van der Waals surface area contributed by atoms with Crippen LogP contribution in [0.4, 0.5) is 0 Å². The van der Waals surface area contributed by atoms with Gasteiger partial charge in [-0.2, -0.15) is 0 Å². The van der Waals surface area contributed by atoms with Crippen LogP contribution in [0.3, 0.4) is 0 Å². The first-order chi connectivity index (χ1) is 10.2. The second-order valence-electron chi connectivity index (χ2n) is 5.03. The van der Waals surface area contributed by atoms with Crippen molar-refractivity contribution in [1.29, 1.82) is 0 Å². The van der Waals surface area contributed by atoms with Crippen molar-refractivity contribution in [3.05, 3.63) is 48.0 Å². The molecule has 1 atom stereocenters. The Balaban J connectivity index is 1.99. The average molecular weight is 284 g/mol. The maximum atomic E-state index is 12.0. The molecule has 2 amide bonds. The van der Waals surface area contributed by atoms with E-state index in [1.807, 2.05) is 31.2 Å². The summed E-state index contributed by atoms with van der Waals surface area (Å²) in [5.74, 6) is -0.142. The molecule has 2 aromatic rings. The molecular formula is C17H20N2O2. The molecule has 4 nitrogen and oxygen atoms in total. The number of hydrogen-bond donors (Lipinski definition) is 2. The molecule has 110 valence electrons. The van der Waals surface area contributed by atoms with E-state index < -0.39 is 6.04 Å². The zero-order valence-corrected chi connectivity index (χ0v) is 12.1. The van der Waals surface area contributed by atoms with Crippen molar-refractivity contribution in [3.63, 3.8) is 0 Å². The molecular weight excluding hydrogens is 264 g/mol. The van der Waals surface area contributed by atoms with Crippen LogP contribution in [0.1, 0.15) is 25.3 Å². The Labute approximate surface area is 124 Å². The Morgan fingerprint density at radius 1 is 1.19 bits per heavy atom. The molecule has 21 heavy (non-hydrogen) atoms. The van der Waals surface area contributed by atoms with Crippen LogP contribution in [0, 0.1) is 0 Å². The van der Waals surface area contributed by atoms with Gasteiger partial charge >= 0.3 is 0 Å². The Kier molecular flexibility index (Phi) is 5.32. The van der Waals surface area contributed by atoms with Crippen LogP contribution in [0.2, 0.25) is 0 Å². The van der Waals surface area contributed by atoms with Gasteiger partial charge in [-0.3, -0.25) is 9.59 Å². The minimum absolute atomic E-state index is 0.142. The van der Waals surface area contributed by atoms with E-state index in [1.165, 1.54) is 5.39 Å². The number of hydrogen-bond acceptors (Lipinski definition) is 2. The molecule has 0 aromatic heterocycles. The zero-order valence-electron chi connectivity index (χ0n) is 12.1. The number of benzene rings is 2. The molecule has 0 saturated carbocycles. The number of fused-ring (bicyclic) bond motifs is 1. The average Bonchev–Trinajstić information content (AvgIpc) is 2.52. The molecule has 0 spiro atoms. The fraction of sp³-hybridized carbons (Fsp3) is 0.294. The summed E-state index contributed by atoms with van der Waals surface area (Å²) < 4.78 is 0. The highest BCUT2D eigenvalue weighted by atomic mass is 16.2. The lowest BCUT2D eigenvalue weighted by Crippen LogP contribution is -2.43. The Morgan fingerprint density at radius 3 is 2.67 bits per heavy atom. The van der Waals surface area contributed by atoms with Crippen molar-refractivity contribution in [1.82, 2.24) is 10.6 Å². The molecule has 0 aliphatic carbocycles. The molecule has 0 unspecified atom stereocenters. The predicted octanol–water partition coefficient (Wildman–Crippen LogP) is 2.37. The molecule has 0 bridgehead atoms. The first kappa shape index (κ1) is 15.0. The van der Waals surface area contributed by atoms with E-state index in [4.69, 9.17) is 0 Å². The van der Waals surface area contributed by atoms with Gasteiger partial charge in [0.25, 0.3) is 0 Å². The molecule has 0 aliphatic heterocycles. The Morgan fingerprint density at radius 2 is 1.95 bits per heavy atom. The van der Waals surface area contributed by atoms with Gasteiger partial charge in [-0.25, -0.2) is 0 Å². The first-order valence-electron chi connectivity index (χ1n) is 7.19. The summed E-state index contributed by atoms with van der Waals surface area (Å²) in [6.45, 7) is 2.44. The summed E-state index contributed by atoms with van der Waals surface area (Å²) in [5.41, 5.74) is 1.04. The van der Waals surface area contributed by atoms with E-state index in [9.17, 15) is 9.59 Å². The van der Waals surface area contributed by atoms with E-state index in [-0.39, 0.29) is 5.91 Å².